The van der Waals surface area contributed by atoms with E-state index in [-0.39, 0.29) is 12.3 Å². The topological polar surface area (TPSA) is 62.1 Å². The van der Waals surface area contributed by atoms with E-state index >= 15 is 0 Å². The standard InChI is InChI=1S/C18H20N2O2/c1-2-3-12-22-17-9-8-14-6-4-5-7-15(14)16(17)13-20-18(21)10-11-19/h4-9H,2-3,10,12-13H2,1H3,(H,20,21). The van der Waals surface area contributed by atoms with Crippen LogP contribution in [0, 0.1) is 11.3 Å². The van der Waals surface area contributed by atoms with Gasteiger partial charge in [0.2, 0.25) is 5.91 Å². The van der Waals surface area contributed by atoms with Gasteiger partial charge in [0.1, 0.15) is 12.2 Å². The SMILES string of the molecule is CCCCOc1ccc2ccccc2c1CNC(=O)CC#N. The monoisotopic (exact) mass is 296 g/mol. The highest BCUT2D eigenvalue weighted by atomic mass is 16.5. The molecule has 114 valence electrons. The minimum Gasteiger partial charge on any atom is -0.493 e. The second-order valence-electron chi connectivity index (χ2n) is 5.08. The molecule has 0 aromatic heterocycles. The molecule has 0 aliphatic rings. The van der Waals surface area contributed by atoms with Crippen LogP contribution in [0.1, 0.15) is 31.7 Å². The maximum atomic E-state index is 11.5. The number of amides is 1. The van der Waals surface area contributed by atoms with E-state index in [1.165, 1.54) is 0 Å². The van der Waals surface area contributed by atoms with Crippen molar-refractivity contribution in [1.29, 1.82) is 5.26 Å². The number of hydrogen-bond donors (Lipinski definition) is 1. The van der Waals surface area contributed by atoms with Gasteiger partial charge in [-0.3, -0.25) is 4.79 Å². The summed E-state index contributed by atoms with van der Waals surface area (Å²) in [6, 6.07) is 13.8. The summed E-state index contributed by atoms with van der Waals surface area (Å²) < 4.78 is 5.86. The number of fused-ring (bicyclic) bond motifs is 1. The Morgan fingerprint density at radius 3 is 2.86 bits per heavy atom. The summed E-state index contributed by atoms with van der Waals surface area (Å²) in [5, 5.41) is 13.5. The summed E-state index contributed by atoms with van der Waals surface area (Å²) in [6.07, 6.45) is 1.94. The first-order valence-corrected chi connectivity index (χ1v) is 7.53. The second-order valence-corrected chi connectivity index (χ2v) is 5.08. The molecule has 0 aliphatic carbocycles. The number of nitriles is 1. The molecule has 0 heterocycles. The summed E-state index contributed by atoms with van der Waals surface area (Å²) in [5.74, 6) is 0.527. The summed E-state index contributed by atoms with van der Waals surface area (Å²) >= 11 is 0. The predicted octanol–water partition coefficient (Wildman–Crippen LogP) is 3.55. The predicted molar refractivity (Wildman–Crippen MR) is 86.4 cm³/mol. The molecular formula is C18H20N2O2. The van der Waals surface area contributed by atoms with Crippen molar-refractivity contribution in [3.05, 3.63) is 42.0 Å². The lowest BCUT2D eigenvalue weighted by atomic mass is 10.0. The maximum Gasteiger partial charge on any atom is 0.234 e. The molecule has 4 nitrogen and oxygen atoms in total. The minimum absolute atomic E-state index is 0.128. The molecular weight excluding hydrogens is 276 g/mol. The van der Waals surface area contributed by atoms with Crippen LogP contribution in [-0.2, 0) is 11.3 Å². The van der Waals surface area contributed by atoms with Crippen molar-refractivity contribution in [3.8, 4) is 11.8 Å². The smallest absolute Gasteiger partial charge is 0.234 e. The number of ether oxygens (including phenoxy) is 1. The lowest BCUT2D eigenvalue weighted by Gasteiger charge is -2.14. The third kappa shape index (κ3) is 3.98. The van der Waals surface area contributed by atoms with Gasteiger partial charge in [0.25, 0.3) is 0 Å². The first kappa shape index (κ1) is 15.8. The molecule has 22 heavy (non-hydrogen) atoms. The molecule has 0 saturated carbocycles. The number of nitrogens with one attached hydrogen (secondary N) is 1. The molecule has 0 radical (unpaired) electrons. The third-order valence-corrected chi connectivity index (χ3v) is 3.46. The van der Waals surface area contributed by atoms with Gasteiger partial charge < -0.3 is 10.1 Å². The fourth-order valence-electron chi connectivity index (χ4n) is 2.28. The number of hydrogen-bond acceptors (Lipinski definition) is 3. The molecule has 0 saturated heterocycles. The zero-order valence-electron chi connectivity index (χ0n) is 12.8. The fraction of sp³-hybridized carbons (Fsp3) is 0.333. The van der Waals surface area contributed by atoms with E-state index in [0.29, 0.717) is 13.2 Å². The van der Waals surface area contributed by atoms with Crippen LogP contribution in [0.5, 0.6) is 5.75 Å². The molecule has 0 aliphatic heterocycles. The summed E-state index contributed by atoms with van der Waals surface area (Å²) in [5.41, 5.74) is 0.959. The Balaban J connectivity index is 2.27. The first-order valence-electron chi connectivity index (χ1n) is 7.53. The van der Waals surface area contributed by atoms with Crippen LogP contribution < -0.4 is 10.1 Å². The van der Waals surface area contributed by atoms with Gasteiger partial charge in [0, 0.05) is 12.1 Å². The van der Waals surface area contributed by atoms with Crippen LogP contribution in [0.25, 0.3) is 10.8 Å². The van der Waals surface area contributed by atoms with Crippen molar-refractivity contribution in [2.45, 2.75) is 32.7 Å². The molecule has 2 aromatic carbocycles. The van der Waals surface area contributed by atoms with E-state index in [9.17, 15) is 4.79 Å². The van der Waals surface area contributed by atoms with Gasteiger partial charge in [-0.15, -0.1) is 0 Å². The summed E-state index contributed by atoms with van der Waals surface area (Å²) in [4.78, 5) is 11.5. The van der Waals surface area contributed by atoms with Gasteiger partial charge in [-0.2, -0.15) is 5.26 Å². The number of nitrogens with zero attached hydrogens (tertiary/aromatic N) is 1. The van der Waals surface area contributed by atoms with E-state index in [0.717, 1.165) is 34.9 Å². The van der Waals surface area contributed by atoms with Crippen LogP contribution in [0.15, 0.2) is 36.4 Å². The van der Waals surface area contributed by atoms with E-state index < -0.39 is 0 Å². The molecule has 2 aromatic rings. The van der Waals surface area contributed by atoms with Crippen LogP contribution in [0.2, 0.25) is 0 Å². The Hall–Kier alpha value is -2.54. The van der Waals surface area contributed by atoms with Crippen LogP contribution in [0.3, 0.4) is 0 Å². The molecule has 2 rings (SSSR count). The third-order valence-electron chi connectivity index (χ3n) is 3.46. The molecule has 1 N–H and O–H groups in total. The second kappa shape index (κ2) is 8.04. The van der Waals surface area contributed by atoms with Crippen molar-refractivity contribution in [2.24, 2.45) is 0 Å². The fourth-order valence-corrected chi connectivity index (χ4v) is 2.28. The lowest BCUT2D eigenvalue weighted by molar-refractivity contribution is -0.120. The molecule has 0 spiro atoms. The molecule has 0 unspecified atom stereocenters. The average Bonchev–Trinajstić information content (AvgIpc) is 2.54. The Morgan fingerprint density at radius 2 is 2.09 bits per heavy atom. The van der Waals surface area contributed by atoms with Gasteiger partial charge in [-0.1, -0.05) is 43.7 Å². The Bertz CT molecular complexity index is 689. The van der Waals surface area contributed by atoms with Crippen molar-refractivity contribution in [2.75, 3.05) is 6.61 Å². The number of carbonyl (C=O) groups is 1. The van der Waals surface area contributed by atoms with Crippen LogP contribution in [-0.4, -0.2) is 12.5 Å². The zero-order valence-corrected chi connectivity index (χ0v) is 12.8. The van der Waals surface area contributed by atoms with Crippen LogP contribution >= 0.6 is 0 Å². The van der Waals surface area contributed by atoms with Crippen molar-refractivity contribution >= 4 is 16.7 Å². The van der Waals surface area contributed by atoms with E-state index in [2.05, 4.69) is 12.2 Å². The zero-order chi connectivity index (χ0) is 15.8. The minimum atomic E-state index is -0.269. The largest absolute Gasteiger partial charge is 0.493 e. The molecule has 0 atom stereocenters. The Labute approximate surface area is 130 Å². The number of carbonyl (C=O) groups excluding carboxylic acids is 1. The maximum absolute atomic E-state index is 11.5. The van der Waals surface area contributed by atoms with Crippen molar-refractivity contribution in [3.63, 3.8) is 0 Å². The van der Waals surface area contributed by atoms with Gasteiger partial charge in [-0.25, -0.2) is 0 Å². The van der Waals surface area contributed by atoms with Gasteiger partial charge in [-0.05, 0) is 23.3 Å². The van der Waals surface area contributed by atoms with Crippen LogP contribution in [0.4, 0.5) is 0 Å². The highest BCUT2D eigenvalue weighted by Gasteiger charge is 2.10. The molecule has 0 bridgehead atoms. The molecule has 1 amide bonds. The van der Waals surface area contributed by atoms with Gasteiger partial charge >= 0.3 is 0 Å². The van der Waals surface area contributed by atoms with E-state index in [4.69, 9.17) is 10.00 Å². The van der Waals surface area contributed by atoms with E-state index in [1.54, 1.807) is 0 Å². The number of benzene rings is 2. The Morgan fingerprint density at radius 1 is 1.27 bits per heavy atom. The van der Waals surface area contributed by atoms with E-state index in [1.807, 2.05) is 42.5 Å². The van der Waals surface area contributed by atoms with Gasteiger partial charge in [0.15, 0.2) is 0 Å². The number of rotatable bonds is 7. The van der Waals surface area contributed by atoms with Gasteiger partial charge in [0.05, 0.1) is 12.7 Å². The average molecular weight is 296 g/mol. The quantitative estimate of drug-likeness (QED) is 0.795. The molecule has 4 heteroatoms. The highest BCUT2D eigenvalue weighted by molar-refractivity contribution is 5.88. The normalized spacial score (nSPS) is 10.2. The van der Waals surface area contributed by atoms with Crippen molar-refractivity contribution in [1.82, 2.24) is 5.32 Å². The highest BCUT2D eigenvalue weighted by Crippen LogP contribution is 2.28. The number of unbranched alkanes of at least 4 members (excludes halogenated alkanes) is 1. The lowest BCUT2D eigenvalue weighted by Crippen LogP contribution is -2.22. The first-order chi connectivity index (χ1) is 10.8. The summed E-state index contributed by atoms with van der Waals surface area (Å²) in [6.45, 7) is 3.14. The molecule has 0 fully saturated rings. The Kier molecular flexibility index (Phi) is 5.79. The van der Waals surface area contributed by atoms with Crippen molar-refractivity contribution < 1.29 is 9.53 Å². The summed E-state index contributed by atoms with van der Waals surface area (Å²) in [7, 11) is 0.